The van der Waals surface area contributed by atoms with E-state index in [0.29, 0.717) is 25.0 Å². The number of methoxy groups -OCH3 is 1. The third kappa shape index (κ3) is 5.28. The van der Waals surface area contributed by atoms with Gasteiger partial charge in [-0.2, -0.15) is 0 Å². The van der Waals surface area contributed by atoms with Crippen LogP contribution in [0.3, 0.4) is 0 Å². The van der Waals surface area contributed by atoms with Gasteiger partial charge in [-0.1, -0.05) is 32.0 Å². The van der Waals surface area contributed by atoms with E-state index in [1.165, 1.54) is 5.56 Å². The summed E-state index contributed by atoms with van der Waals surface area (Å²) in [4.78, 5) is 4.36. The van der Waals surface area contributed by atoms with Gasteiger partial charge < -0.3 is 10.1 Å². The number of hydrogen-bond acceptors (Lipinski definition) is 3. The predicted octanol–water partition coefficient (Wildman–Crippen LogP) is 2.08. The van der Waals surface area contributed by atoms with Crippen molar-refractivity contribution in [1.29, 1.82) is 0 Å². The van der Waals surface area contributed by atoms with Crippen LogP contribution in [0, 0.1) is 0 Å². The number of rotatable bonds is 6. The number of nitrogens with two attached hydrogens (primary N) is 1. The van der Waals surface area contributed by atoms with Crippen molar-refractivity contribution in [3.05, 3.63) is 29.8 Å². The molecule has 0 spiro atoms. The van der Waals surface area contributed by atoms with E-state index in [4.69, 9.17) is 10.6 Å². The third-order valence-corrected chi connectivity index (χ3v) is 2.75. The average molecular weight is 264 g/mol. The molecule has 106 valence electrons. The fourth-order valence-corrected chi connectivity index (χ4v) is 1.76. The molecule has 0 aliphatic carbocycles. The Morgan fingerprint density at radius 3 is 2.74 bits per heavy atom. The molecule has 4 N–H and O–H groups in total. The molecule has 0 radical (unpaired) electrons. The highest BCUT2D eigenvalue weighted by molar-refractivity contribution is 5.94. The maximum absolute atomic E-state index is 5.49. The van der Waals surface area contributed by atoms with Crippen molar-refractivity contribution < 1.29 is 4.74 Å². The minimum absolute atomic E-state index is 0.441. The van der Waals surface area contributed by atoms with Gasteiger partial charge in [0.15, 0.2) is 0 Å². The summed E-state index contributed by atoms with van der Waals surface area (Å²) >= 11 is 0. The Labute approximate surface area is 115 Å². The second-order valence-corrected chi connectivity index (χ2v) is 4.59. The molecule has 0 bridgehead atoms. The van der Waals surface area contributed by atoms with Crippen LogP contribution in [0.1, 0.15) is 31.7 Å². The van der Waals surface area contributed by atoms with Crippen molar-refractivity contribution in [2.75, 3.05) is 25.6 Å². The predicted molar refractivity (Wildman–Crippen MR) is 80.3 cm³/mol. The lowest BCUT2D eigenvalue weighted by Gasteiger charge is -2.15. The van der Waals surface area contributed by atoms with E-state index < -0.39 is 0 Å². The van der Waals surface area contributed by atoms with Crippen LogP contribution < -0.4 is 16.6 Å². The van der Waals surface area contributed by atoms with Crippen LogP contribution >= 0.6 is 0 Å². The van der Waals surface area contributed by atoms with Crippen molar-refractivity contribution >= 4 is 11.6 Å². The highest BCUT2D eigenvalue weighted by atomic mass is 16.5. The summed E-state index contributed by atoms with van der Waals surface area (Å²) in [6.45, 7) is 5.69. The highest BCUT2D eigenvalue weighted by Crippen LogP contribution is 2.23. The van der Waals surface area contributed by atoms with Gasteiger partial charge in [-0.15, -0.1) is 0 Å². The van der Waals surface area contributed by atoms with Crippen LogP contribution in [-0.4, -0.2) is 26.2 Å². The lowest BCUT2D eigenvalue weighted by atomic mass is 10.0. The van der Waals surface area contributed by atoms with Crippen molar-refractivity contribution in [3.63, 3.8) is 0 Å². The molecular weight excluding hydrogens is 240 g/mol. The summed E-state index contributed by atoms with van der Waals surface area (Å²) in [6, 6.07) is 8.16. The van der Waals surface area contributed by atoms with Crippen molar-refractivity contribution in [2.45, 2.75) is 26.2 Å². The van der Waals surface area contributed by atoms with Gasteiger partial charge in [0, 0.05) is 25.9 Å². The Kier molecular flexibility index (Phi) is 6.92. The number of hydrazine groups is 1. The monoisotopic (exact) mass is 264 g/mol. The molecule has 0 atom stereocenters. The summed E-state index contributed by atoms with van der Waals surface area (Å²) in [6.07, 6.45) is 0.870. The molecule has 0 aliphatic heterocycles. The summed E-state index contributed by atoms with van der Waals surface area (Å²) in [5, 5.41) is 3.23. The number of anilines is 1. The number of benzene rings is 1. The summed E-state index contributed by atoms with van der Waals surface area (Å²) in [5.74, 6) is 6.50. The molecule has 0 unspecified atom stereocenters. The number of ether oxygens (including phenoxy) is 1. The molecule has 19 heavy (non-hydrogen) atoms. The molecule has 1 aromatic rings. The molecule has 1 aromatic carbocycles. The maximum atomic E-state index is 5.49. The van der Waals surface area contributed by atoms with Crippen LogP contribution in [0.2, 0.25) is 0 Å². The van der Waals surface area contributed by atoms with Crippen molar-refractivity contribution in [3.8, 4) is 0 Å². The van der Waals surface area contributed by atoms with Gasteiger partial charge in [-0.05, 0) is 24.0 Å². The number of para-hydroxylation sites is 1. The van der Waals surface area contributed by atoms with E-state index in [-0.39, 0.29) is 0 Å². The SMILES string of the molecule is COCCCN=C(NN)Nc1ccccc1C(C)C. The molecule has 0 amide bonds. The zero-order valence-corrected chi connectivity index (χ0v) is 11.9. The van der Waals surface area contributed by atoms with E-state index in [2.05, 4.69) is 35.6 Å². The van der Waals surface area contributed by atoms with Crippen molar-refractivity contribution in [2.24, 2.45) is 10.8 Å². The number of nitrogens with zero attached hydrogens (tertiary/aromatic N) is 1. The van der Waals surface area contributed by atoms with E-state index in [1.54, 1.807) is 7.11 Å². The molecule has 0 fully saturated rings. The summed E-state index contributed by atoms with van der Waals surface area (Å²) < 4.78 is 4.98. The molecule has 1 rings (SSSR count). The molecule has 0 saturated carbocycles. The van der Waals surface area contributed by atoms with E-state index in [1.807, 2.05) is 18.2 Å². The number of aliphatic imine (C=N–C) groups is 1. The van der Waals surface area contributed by atoms with Gasteiger partial charge in [0.25, 0.3) is 0 Å². The van der Waals surface area contributed by atoms with Crippen LogP contribution in [0.25, 0.3) is 0 Å². The lowest BCUT2D eigenvalue weighted by Crippen LogP contribution is -2.36. The van der Waals surface area contributed by atoms with Gasteiger partial charge in [0.1, 0.15) is 0 Å². The topological polar surface area (TPSA) is 71.7 Å². The normalized spacial score (nSPS) is 11.7. The minimum Gasteiger partial charge on any atom is -0.385 e. The molecule has 0 heterocycles. The summed E-state index contributed by atoms with van der Waals surface area (Å²) in [5.41, 5.74) is 4.86. The Balaban J connectivity index is 2.70. The minimum atomic E-state index is 0.441. The average Bonchev–Trinajstić information content (AvgIpc) is 2.42. The second kappa shape index (κ2) is 8.50. The fourth-order valence-electron chi connectivity index (χ4n) is 1.76. The molecule has 5 heteroatoms. The zero-order valence-electron chi connectivity index (χ0n) is 11.9. The number of nitrogens with one attached hydrogen (secondary N) is 2. The number of guanidine groups is 1. The molecule has 0 aromatic heterocycles. The molecule has 0 aliphatic rings. The first-order valence-electron chi connectivity index (χ1n) is 6.55. The van der Waals surface area contributed by atoms with Gasteiger partial charge in [-0.3, -0.25) is 10.4 Å². The van der Waals surface area contributed by atoms with Crippen LogP contribution in [0.5, 0.6) is 0 Å². The quantitative estimate of drug-likeness (QED) is 0.242. The zero-order chi connectivity index (χ0) is 14.1. The Morgan fingerprint density at radius 1 is 1.37 bits per heavy atom. The smallest absolute Gasteiger partial charge is 0.210 e. The lowest BCUT2D eigenvalue weighted by molar-refractivity contribution is 0.197. The van der Waals surface area contributed by atoms with Crippen LogP contribution in [0.4, 0.5) is 5.69 Å². The molecule has 5 nitrogen and oxygen atoms in total. The standard InChI is InChI=1S/C14H24N4O/c1-11(2)12-7-4-5-8-13(12)17-14(18-15)16-9-6-10-19-3/h4-5,7-8,11H,6,9-10,15H2,1-3H3,(H2,16,17,18). The first kappa shape index (κ1) is 15.5. The second-order valence-electron chi connectivity index (χ2n) is 4.59. The molecule has 0 saturated heterocycles. The molecular formula is C14H24N4O. The van der Waals surface area contributed by atoms with Gasteiger partial charge >= 0.3 is 0 Å². The highest BCUT2D eigenvalue weighted by Gasteiger charge is 2.06. The first-order valence-corrected chi connectivity index (χ1v) is 6.55. The van der Waals surface area contributed by atoms with Gasteiger partial charge in [0.05, 0.1) is 0 Å². The maximum Gasteiger partial charge on any atom is 0.210 e. The van der Waals surface area contributed by atoms with Crippen LogP contribution in [0.15, 0.2) is 29.3 Å². The summed E-state index contributed by atoms with van der Waals surface area (Å²) in [7, 11) is 1.68. The Morgan fingerprint density at radius 2 is 2.11 bits per heavy atom. The third-order valence-electron chi connectivity index (χ3n) is 2.75. The Hall–Kier alpha value is -1.59. The fraction of sp³-hybridized carbons (Fsp3) is 0.500. The van der Waals surface area contributed by atoms with E-state index >= 15 is 0 Å². The van der Waals surface area contributed by atoms with E-state index in [0.717, 1.165) is 12.1 Å². The van der Waals surface area contributed by atoms with E-state index in [9.17, 15) is 0 Å². The van der Waals surface area contributed by atoms with Crippen LogP contribution in [-0.2, 0) is 4.74 Å². The number of hydrogen-bond donors (Lipinski definition) is 3. The van der Waals surface area contributed by atoms with Gasteiger partial charge in [-0.25, -0.2) is 5.84 Å². The largest absolute Gasteiger partial charge is 0.385 e. The first-order chi connectivity index (χ1) is 9.19. The Bertz CT molecular complexity index is 404. The van der Waals surface area contributed by atoms with Crippen molar-refractivity contribution in [1.82, 2.24) is 5.43 Å². The van der Waals surface area contributed by atoms with Gasteiger partial charge in [0.2, 0.25) is 5.96 Å².